The average Bonchev–Trinajstić information content (AvgIpc) is 3.26. The van der Waals surface area contributed by atoms with Gasteiger partial charge < -0.3 is 28.8 Å². The van der Waals surface area contributed by atoms with Crippen molar-refractivity contribution in [2.24, 2.45) is 0 Å². The lowest BCUT2D eigenvalue weighted by Crippen LogP contribution is -2.09. The first kappa shape index (κ1) is 22.7. The Morgan fingerprint density at radius 1 is 1.00 bits per heavy atom. The highest BCUT2D eigenvalue weighted by molar-refractivity contribution is 8.03. The highest BCUT2D eigenvalue weighted by atomic mass is 32.2. The van der Waals surface area contributed by atoms with Crippen LogP contribution in [0.2, 0.25) is 0 Å². The molecule has 3 aromatic rings. The van der Waals surface area contributed by atoms with E-state index in [1.165, 1.54) is 20.3 Å². The molecule has 0 radical (unpaired) electrons. The smallest absolute Gasteiger partial charge is 0.342 e. The quantitative estimate of drug-likeness (QED) is 0.341. The minimum atomic E-state index is -1.18. The van der Waals surface area contributed by atoms with Gasteiger partial charge in [0.05, 0.1) is 14.2 Å². The van der Waals surface area contributed by atoms with Gasteiger partial charge in [-0.3, -0.25) is 0 Å². The Labute approximate surface area is 186 Å². The molecule has 0 aliphatic rings. The van der Waals surface area contributed by atoms with Gasteiger partial charge in [-0.15, -0.1) is 10.2 Å². The summed E-state index contributed by atoms with van der Waals surface area (Å²) < 4.78 is 21.1. The van der Waals surface area contributed by atoms with E-state index < -0.39 is 18.5 Å². The van der Waals surface area contributed by atoms with E-state index in [1.54, 1.807) is 42.5 Å². The first-order valence-corrected chi connectivity index (χ1v) is 9.84. The van der Waals surface area contributed by atoms with Crippen LogP contribution < -0.4 is 14.2 Å². The van der Waals surface area contributed by atoms with Crippen LogP contribution in [0.5, 0.6) is 17.2 Å². The molecule has 0 fully saturated rings. The van der Waals surface area contributed by atoms with Gasteiger partial charge in [-0.1, -0.05) is 12.1 Å². The maximum atomic E-state index is 11.7. The van der Waals surface area contributed by atoms with E-state index in [0.29, 0.717) is 28.4 Å². The third-order valence-corrected chi connectivity index (χ3v) is 4.81. The van der Waals surface area contributed by atoms with Crippen LogP contribution >= 0.6 is 11.8 Å². The molecule has 166 valence electrons. The fraction of sp³-hybridized carbons (Fsp3) is 0.143. The normalized spacial score (nSPS) is 11.1. The summed E-state index contributed by atoms with van der Waals surface area (Å²) in [6.07, 6.45) is 1.42. The summed E-state index contributed by atoms with van der Waals surface area (Å²) in [4.78, 5) is 22.2. The summed E-state index contributed by atoms with van der Waals surface area (Å²) in [6.45, 7) is -0.468. The second-order valence-electron chi connectivity index (χ2n) is 6.14. The molecule has 11 heteroatoms. The van der Waals surface area contributed by atoms with Crippen LogP contribution in [0, 0.1) is 0 Å². The molecule has 3 rings (SSSR count). The van der Waals surface area contributed by atoms with Crippen molar-refractivity contribution in [1.82, 2.24) is 10.2 Å². The van der Waals surface area contributed by atoms with Gasteiger partial charge in [0.2, 0.25) is 5.89 Å². The molecule has 0 bridgehead atoms. The number of hydrogen-bond donors (Lipinski definition) is 2. The van der Waals surface area contributed by atoms with Crippen molar-refractivity contribution in [3.05, 3.63) is 52.9 Å². The Balaban J connectivity index is 1.78. The van der Waals surface area contributed by atoms with Crippen molar-refractivity contribution in [2.75, 3.05) is 20.8 Å². The number of carboxylic acids is 2. The third kappa shape index (κ3) is 6.01. The van der Waals surface area contributed by atoms with Gasteiger partial charge in [-0.25, -0.2) is 9.59 Å². The standard InChI is InChI=1S/C21H18N2O8S/c1-28-15-8-13(9-16(10-15)29-2)19-22-23-21(31-19)32-17(20(26)27)7-12-3-5-14(6-4-12)30-11-18(24)25/h3-10H,11H2,1-2H3,(H,24,25)(H,26,27)/b17-7-. The van der Waals surface area contributed by atoms with Crippen LogP contribution in [-0.2, 0) is 9.59 Å². The molecular weight excluding hydrogens is 440 g/mol. The van der Waals surface area contributed by atoms with Gasteiger partial charge in [0.25, 0.3) is 5.22 Å². The SMILES string of the molecule is COc1cc(OC)cc(-c2nnc(S/C(=C\c3ccc(OCC(=O)O)cc3)C(=O)O)o2)c1. The number of carboxylic acid groups (broad SMARTS) is 2. The average molecular weight is 458 g/mol. The van der Waals surface area contributed by atoms with Crippen molar-refractivity contribution < 1.29 is 38.4 Å². The number of aliphatic carboxylic acids is 2. The van der Waals surface area contributed by atoms with Crippen LogP contribution in [-0.4, -0.2) is 53.2 Å². The van der Waals surface area contributed by atoms with E-state index in [0.717, 1.165) is 11.8 Å². The van der Waals surface area contributed by atoms with Crippen LogP contribution in [0.1, 0.15) is 5.56 Å². The maximum Gasteiger partial charge on any atom is 0.342 e. The number of nitrogens with zero attached hydrogens (tertiary/aromatic N) is 2. The monoisotopic (exact) mass is 458 g/mol. The van der Waals surface area contributed by atoms with Gasteiger partial charge in [0.1, 0.15) is 22.2 Å². The number of benzene rings is 2. The summed E-state index contributed by atoms with van der Waals surface area (Å²) in [5, 5.41) is 26.1. The molecule has 0 aliphatic carbocycles. The fourth-order valence-corrected chi connectivity index (χ4v) is 3.16. The highest BCUT2D eigenvalue weighted by Crippen LogP contribution is 2.33. The second-order valence-corrected chi connectivity index (χ2v) is 7.13. The molecule has 0 aliphatic heterocycles. The van der Waals surface area contributed by atoms with Gasteiger partial charge in [0, 0.05) is 11.6 Å². The summed E-state index contributed by atoms with van der Waals surface area (Å²) >= 11 is 0.795. The molecule has 1 heterocycles. The zero-order valence-electron chi connectivity index (χ0n) is 17.0. The summed E-state index contributed by atoms with van der Waals surface area (Å²) in [7, 11) is 3.03. The molecule has 0 saturated carbocycles. The van der Waals surface area contributed by atoms with Crippen molar-refractivity contribution in [2.45, 2.75) is 5.22 Å². The molecule has 2 aromatic carbocycles. The zero-order valence-corrected chi connectivity index (χ0v) is 17.8. The van der Waals surface area contributed by atoms with Crippen LogP contribution in [0.25, 0.3) is 17.5 Å². The lowest BCUT2D eigenvalue weighted by Gasteiger charge is -2.05. The molecule has 32 heavy (non-hydrogen) atoms. The number of carbonyl (C=O) groups is 2. The van der Waals surface area contributed by atoms with Gasteiger partial charge in [-0.05, 0) is 47.7 Å². The van der Waals surface area contributed by atoms with E-state index >= 15 is 0 Å². The molecule has 0 spiro atoms. The minimum Gasteiger partial charge on any atom is -0.497 e. The van der Waals surface area contributed by atoms with Crippen LogP contribution in [0.3, 0.4) is 0 Å². The van der Waals surface area contributed by atoms with E-state index in [9.17, 15) is 14.7 Å². The van der Waals surface area contributed by atoms with E-state index in [2.05, 4.69) is 10.2 Å². The number of methoxy groups -OCH3 is 2. The lowest BCUT2D eigenvalue weighted by molar-refractivity contribution is -0.139. The topological polar surface area (TPSA) is 141 Å². The lowest BCUT2D eigenvalue weighted by atomic mass is 10.2. The van der Waals surface area contributed by atoms with E-state index in [1.807, 2.05) is 0 Å². The summed E-state index contributed by atoms with van der Waals surface area (Å²) in [5.41, 5.74) is 1.12. The molecule has 1 aromatic heterocycles. The zero-order chi connectivity index (χ0) is 23.1. The fourth-order valence-electron chi connectivity index (χ4n) is 2.48. The molecule has 2 N–H and O–H groups in total. The highest BCUT2D eigenvalue weighted by Gasteiger charge is 2.17. The van der Waals surface area contributed by atoms with Crippen molar-refractivity contribution in [3.63, 3.8) is 0 Å². The number of thioether (sulfide) groups is 1. The van der Waals surface area contributed by atoms with Gasteiger partial charge >= 0.3 is 11.9 Å². The number of ether oxygens (including phenoxy) is 3. The summed E-state index contributed by atoms with van der Waals surface area (Å²) in [5.74, 6) is -0.671. The van der Waals surface area contributed by atoms with Crippen molar-refractivity contribution in [1.29, 1.82) is 0 Å². The first-order chi connectivity index (χ1) is 15.4. The number of hydrogen-bond acceptors (Lipinski definition) is 9. The first-order valence-electron chi connectivity index (χ1n) is 9.02. The minimum absolute atomic E-state index is 0.0387. The number of rotatable bonds is 10. The van der Waals surface area contributed by atoms with Crippen molar-refractivity contribution >= 4 is 29.8 Å². The van der Waals surface area contributed by atoms with E-state index in [-0.39, 0.29) is 16.0 Å². The Bertz CT molecular complexity index is 1120. The molecule has 0 atom stereocenters. The molecular formula is C21H18N2O8S. The summed E-state index contributed by atoms with van der Waals surface area (Å²) in [6, 6.07) is 11.3. The van der Waals surface area contributed by atoms with Gasteiger partial charge in [-0.2, -0.15) is 0 Å². The van der Waals surface area contributed by atoms with Crippen LogP contribution in [0.4, 0.5) is 0 Å². The number of aromatic nitrogens is 2. The largest absolute Gasteiger partial charge is 0.497 e. The van der Waals surface area contributed by atoms with Crippen LogP contribution in [0.15, 0.2) is 57.0 Å². The Hall–Kier alpha value is -3.99. The molecule has 10 nitrogen and oxygen atoms in total. The predicted molar refractivity (Wildman–Crippen MR) is 114 cm³/mol. The Morgan fingerprint density at radius 3 is 2.22 bits per heavy atom. The predicted octanol–water partition coefficient (Wildman–Crippen LogP) is 3.44. The maximum absolute atomic E-state index is 11.7. The molecule has 0 saturated heterocycles. The second kappa shape index (κ2) is 10.4. The third-order valence-electron chi connectivity index (χ3n) is 3.95. The van der Waals surface area contributed by atoms with Gasteiger partial charge in [0.15, 0.2) is 6.61 Å². The molecule has 0 unspecified atom stereocenters. The van der Waals surface area contributed by atoms with E-state index in [4.69, 9.17) is 23.7 Å². The van der Waals surface area contributed by atoms with Crippen molar-refractivity contribution in [3.8, 4) is 28.7 Å². The Morgan fingerprint density at radius 2 is 1.66 bits per heavy atom. The molecule has 0 amide bonds. The Kier molecular flexibility index (Phi) is 7.34.